The van der Waals surface area contributed by atoms with Crippen LogP contribution < -0.4 is 5.32 Å². The van der Waals surface area contributed by atoms with Crippen molar-refractivity contribution in [2.45, 2.75) is 25.8 Å². The van der Waals surface area contributed by atoms with Gasteiger partial charge < -0.3 is 5.32 Å². The summed E-state index contributed by atoms with van der Waals surface area (Å²) in [6.07, 6.45) is 3.08. The van der Waals surface area contributed by atoms with Gasteiger partial charge in [-0.1, -0.05) is 11.6 Å². The Kier molecular flexibility index (Phi) is 2.56. The molecule has 3 nitrogen and oxygen atoms in total. The number of aromatic nitrogens is 2. The molecule has 1 unspecified atom stereocenters. The zero-order valence-corrected chi connectivity index (χ0v) is 8.51. The van der Waals surface area contributed by atoms with E-state index in [-0.39, 0.29) is 0 Å². The van der Waals surface area contributed by atoms with Gasteiger partial charge in [0.15, 0.2) is 0 Å². The fourth-order valence-electron chi connectivity index (χ4n) is 1.80. The molecule has 1 atom stereocenters. The lowest BCUT2D eigenvalue weighted by atomic mass is 10.0. The van der Waals surface area contributed by atoms with E-state index < -0.39 is 0 Å². The van der Waals surface area contributed by atoms with E-state index in [0.29, 0.717) is 5.92 Å². The minimum absolute atomic E-state index is 0.563. The molecule has 0 bridgehead atoms. The zero-order chi connectivity index (χ0) is 9.26. The summed E-state index contributed by atoms with van der Waals surface area (Å²) in [7, 11) is 0. The van der Waals surface area contributed by atoms with Crippen LogP contribution in [-0.2, 0) is 6.54 Å². The van der Waals surface area contributed by atoms with Gasteiger partial charge in [0.25, 0.3) is 0 Å². The monoisotopic (exact) mass is 199 g/mol. The molecule has 0 aromatic carbocycles. The van der Waals surface area contributed by atoms with Gasteiger partial charge in [0.2, 0.25) is 0 Å². The standard InChI is InChI=1S/C9H14ClN3/c1-2-13-9(10)8(6-12-13)7-3-4-11-5-7/h6-7,11H,2-5H2,1H3. The van der Waals surface area contributed by atoms with E-state index in [4.69, 9.17) is 11.6 Å². The lowest BCUT2D eigenvalue weighted by Gasteiger charge is -2.05. The van der Waals surface area contributed by atoms with Crippen molar-refractivity contribution in [1.29, 1.82) is 0 Å². The van der Waals surface area contributed by atoms with Crippen molar-refractivity contribution >= 4 is 11.6 Å². The molecule has 0 saturated carbocycles. The topological polar surface area (TPSA) is 29.9 Å². The van der Waals surface area contributed by atoms with Crippen LogP contribution in [0.15, 0.2) is 6.20 Å². The Morgan fingerprint density at radius 3 is 3.15 bits per heavy atom. The molecule has 0 spiro atoms. The Balaban J connectivity index is 2.24. The van der Waals surface area contributed by atoms with E-state index in [1.807, 2.05) is 10.9 Å². The molecule has 72 valence electrons. The maximum atomic E-state index is 6.18. The summed E-state index contributed by atoms with van der Waals surface area (Å²) in [5, 5.41) is 8.38. The Morgan fingerprint density at radius 2 is 2.62 bits per heavy atom. The first kappa shape index (κ1) is 9.03. The van der Waals surface area contributed by atoms with Crippen molar-refractivity contribution in [2.75, 3.05) is 13.1 Å². The molecule has 0 amide bonds. The second-order valence-electron chi connectivity index (χ2n) is 3.40. The van der Waals surface area contributed by atoms with Crippen molar-refractivity contribution < 1.29 is 0 Å². The third-order valence-electron chi connectivity index (χ3n) is 2.60. The molecule has 1 aliphatic rings. The smallest absolute Gasteiger partial charge is 0.130 e. The summed E-state index contributed by atoms with van der Waals surface area (Å²) in [5.41, 5.74) is 1.20. The predicted molar refractivity (Wildman–Crippen MR) is 53.1 cm³/mol. The Bertz CT molecular complexity index is 289. The number of nitrogens with zero attached hydrogens (tertiary/aromatic N) is 2. The van der Waals surface area contributed by atoms with E-state index in [1.54, 1.807) is 0 Å². The van der Waals surface area contributed by atoms with Crippen molar-refractivity contribution in [3.05, 3.63) is 16.9 Å². The molecular formula is C9H14ClN3. The molecular weight excluding hydrogens is 186 g/mol. The second kappa shape index (κ2) is 3.68. The molecule has 2 rings (SSSR count). The molecule has 0 aliphatic carbocycles. The third-order valence-corrected chi connectivity index (χ3v) is 3.01. The van der Waals surface area contributed by atoms with Crippen molar-refractivity contribution in [2.24, 2.45) is 0 Å². The number of nitrogens with one attached hydrogen (secondary N) is 1. The minimum atomic E-state index is 0.563. The van der Waals surface area contributed by atoms with Crippen LogP contribution in [0.1, 0.15) is 24.8 Å². The van der Waals surface area contributed by atoms with Gasteiger partial charge in [-0.3, -0.25) is 4.68 Å². The highest BCUT2D eigenvalue weighted by Gasteiger charge is 2.21. The maximum absolute atomic E-state index is 6.18. The van der Waals surface area contributed by atoms with E-state index in [0.717, 1.165) is 24.8 Å². The molecule has 0 radical (unpaired) electrons. The van der Waals surface area contributed by atoms with Crippen LogP contribution in [-0.4, -0.2) is 22.9 Å². The van der Waals surface area contributed by atoms with Gasteiger partial charge in [0.1, 0.15) is 5.15 Å². The van der Waals surface area contributed by atoms with Crippen LogP contribution in [0.2, 0.25) is 5.15 Å². The van der Waals surface area contributed by atoms with E-state index >= 15 is 0 Å². The summed E-state index contributed by atoms with van der Waals surface area (Å²) < 4.78 is 1.84. The van der Waals surface area contributed by atoms with Crippen LogP contribution in [0.5, 0.6) is 0 Å². The molecule has 1 N–H and O–H groups in total. The average molecular weight is 200 g/mol. The Labute approximate surface area is 83.1 Å². The van der Waals surface area contributed by atoms with Gasteiger partial charge >= 0.3 is 0 Å². The average Bonchev–Trinajstić information content (AvgIpc) is 2.72. The van der Waals surface area contributed by atoms with Gasteiger partial charge in [-0.15, -0.1) is 0 Å². The lowest BCUT2D eigenvalue weighted by Crippen LogP contribution is -2.08. The maximum Gasteiger partial charge on any atom is 0.130 e. The largest absolute Gasteiger partial charge is 0.316 e. The molecule has 1 aliphatic heterocycles. The number of halogens is 1. The number of hydrogen-bond donors (Lipinski definition) is 1. The summed E-state index contributed by atoms with van der Waals surface area (Å²) in [5.74, 6) is 0.563. The van der Waals surface area contributed by atoms with Gasteiger partial charge in [-0.25, -0.2) is 0 Å². The highest BCUT2D eigenvalue weighted by molar-refractivity contribution is 6.30. The summed E-state index contributed by atoms with van der Waals surface area (Å²) >= 11 is 6.18. The number of hydrogen-bond acceptors (Lipinski definition) is 2. The van der Waals surface area contributed by atoms with Crippen LogP contribution >= 0.6 is 11.6 Å². The van der Waals surface area contributed by atoms with Crippen LogP contribution in [0.3, 0.4) is 0 Å². The molecule has 4 heteroatoms. The van der Waals surface area contributed by atoms with Crippen molar-refractivity contribution in [3.63, 3.8) is 0 Å². The van der Waals surface area contributed by atoms with Crippen LogP contribution in [0, 0.1) is 0 Å². The normalized spacial score (nSPS) is 22.5. The first-order valence-corrected chi connectivity index (χ1v) is 5.12. The van der Waals surface area contributed by atoms with E-state index in [9.17, 15) is 0 Å². The Morgan fingerprint density at radius 1 is 1.77 bits per heavy atom. The van der Waals surface area contributed by atoms with Crippen molar-refractivity contribution in [1.82, 2.24) is 15.1 Å². The molecule has 2 heterocycles. The number of aryl methyl sites for hydroxylation is 1. The predicted octanol–water partition coefficient (Wildman–Crippen LogP) is 1.63. The van der Waals surface area contributed by atoms with Gasteiger partial charge in [0.05, 0.1) is 6.20 Å². The zero-order valence-electron chi connectivity index (χ0n) is 7.76. The minimum Gasteiger partial charge on any atom is -0.316 e. The molecule has 1 saturated heterocycles. The first-order valence-electron chi connectivity index (χ1n) is 4.75. The van der Waals surface area contributed by atoms with Gasteiger partial charge in [-0.05, 0) is 19.9 Å². The fourth-order valence-corrected chi connectivity index (χ4v) is 2.17. The molecule has 1 aromatic rings. The summed E-state index contributed by atoms with van der Waals surface area (Å²) in [4.78, 5) is 0. The highest BCUT2D eigenvalue weighted by Crippen LogP contribution is 2.28. The second-order valence-corrected chi connectivity index (χ2v) is 3.75. The quantitative estimate of drug-likeness (QED) is 0.785. The number of rotatable bonds is 2. The van der Waals surface area contributed by atoms with Crippen LogP contribution in [0.4, 0.5) is 0 Å². The van der Waals surface area contributed by atoms with E-state index in [1.165, 1.54) is 12.0 Å². The Hall–Kier alpha value is -0.540. The lowest BCUT2D eigenvalue weighted by molar-refractivity contribution is 0.658. The summed E-state index contributed by atoms with van der Waals surface area (Å²) in [6, 6.07) is 0. The van der Waals surface area contributed by atoms with Crippen LogP contribution in [0.25, 0.3) is 0 Å². The van der Waals surface area contributed by atoms with Gasteiger partial charge in [-0.2, -0.15) is 5.10 Å². The molecule has 13 heavy (non-hydrogen) atoms. The third kappa shape index (κ3) is 1.58. The highest BCUT2D eigenvalue weighted by atomic mass is 35.5. The van der Waals surface area contributed by atoms with E-state index in [2.05, 4.69) is 17.3 Å². The molecule has 1 fully saturated rings. The SMILES string of the molecule is CCn1ncc(C2CCNC2)c1Cl. The molecule has 1 aromatic heterocycles. The van der Waals surface area contributed by atoms with Crippen molar-refractivity contribution in [3.8, 4) is 0 Å². The fraction of sp³-hybridized carbons (Fsp3) is 0.667. The van der Waals surface area contributed by atoms with Gasteiger partial charge in [0, 0.05) is 24.6 Å². The summed E-state index contributed by atoms with van der Waals surface area (Å²) in [6.45, 7) is 5.03. The first-order chi connectivity index (χ1) is 6.33.